The predicted molar refractivity (Wildman–Crippen MR) is 125 cm³/mol. The highest BCUT2D eigenvalue weighted by atomic mass is 19.1. The zero-order valence-corrected chi connectivity index (χ0v) is 19.4. The summed E-state index contributed by atoms with van der Waals surface area (Å²) in [6.45, 7) is 7.52. The summed E-state index contributed by atoms with van der Waals surface area (Å²) in [4.78, 5) is 29.9. The second-order valence-corrected chi connectivity index (χ2v) is 8.69. The summed E-state index contributed by atoms with van der Waals surface area (Å²) in [7, 11) is 0. The summed E-state index contributed by atoms with van der Waals surface area (Å²) in [6.07, 6.45) is 0.00323. The van der Waals surface area contributed by atoms with E-state index in [0.717, 1.165) is 13.1 Å². The van der Waals surface area contributed by atoms with Gasteiger partial charge in [0.1, 0.15) is 17.3 Å². The third-order valence-corrected chi connectivity index (χ3v) is 5.99. The van der Waals surface area contributed by atoms with Gasteiger partial charge in [0.05, 0.1) is 30.9 Å². The zero-order chi connectivity index (χ0) is 24.2. The molecule has 0 radical (unpaired) electrons. The standard InChI is InChI=1S/C26H29FN2O5/c1-17(2)34-21-9-5-18(6-10-21)23-22(24(30)19-3-7-20(27)8-4-19)25(31)26(32)29(23)12-11-28-13-15-33-16-14-28/h3-10,17,23,30H,11-16H2,1-2H3/b24-22-. The number of hydrogen-bond acceptors (Lipinski definition) is 6. The van der Waals surface area contributed by atoms with Crippen LogP contribution in [0, 0.1) is 5.82 Å². The van der Waals surface area contributed by atoms with E-state index in [2.05, 4.69) is 4.90 Å². The van der Waals surface area contributed by atoms with Crippen molar-refractivity contribution in [1.29, 1.82) is 0 Å². The van der Waals surface area contributed by atoms with E-state index in [0.29, 0.717) is 37.6 Å². The fraction of sp³-hybridized carbons (Fsp3) is 0.385. The van der Waals surface area contributed by atoms with Gasteiger partial charge in [0.15, 0.2) is 0 Å². The maximum Gasteiger partial charge on any atom is 0.295 e. The van der Waals surface area contributed by atoms with Crippen LogP contribution >= 0.6 is 0 Å². The highest BCUT2D eigenvalue weighted by molar-refractivity contribution is 6.46. The first-order valence-electron chi connectivity index (χ1n) is 11.5. The van der Waals surface area contributed by atoms with Crippen LogP contribution in [-0.4, -0.2) is 72.1 Å². The second-order valence-electron chi connectivity index (χ2n) is 8.69. The Labute approximate surface area is 198 Å². The predicted octanol–water partition coefficient (Wildman–Crippen LogP) is 3.37. The van der Waals surface area contributed by atoms with Gasteiger partial charge in [-0.25, -0.2) is 4.39 Å². The number of benzene rings is 2. The first-order chi connectivity index (χ1) is 16.3. The van der Waals surface area contributed by atoms with Gasteiger partial charge in [-0.3, -0.25) is 14.5 Å². The van der Waals surface area contributed by atoms with Gasteiger partial charge in [-0.05, 0) is 55.8 Å². The maximum atomic E-state index is 13.4. The average molecular weight is 469 g/mol. The van der Waals surface area contributed by atoms with Gasteiger partial charge in [0.25, 0.3) is 11.7 Å². The van der Waals surface area contributed by atoms with Crippen molar-refractivity contribution in [3.05, 3.63) is 71.0 Å². The molecule has 0 spiro atoms. The van der Waals surface area contributed by atoms with Crippen LogP contribution in [0.5, 0.6) is 5.75 Å². The van der Waals surface area contributed by atoms with Crippen LogP contribution in [0.3, 0.4) is 0 Å². The first-order valence-corrected chi connectivity index (χ1v) is 11.5. The molecule has 0 aromatic heterocycles. The molecule has 0 saturated carbocycles. The van der Waals surface area contributed by atoms with E-state index in [4.69, 9.17) is 9.47 Å². The van der Waals surface area contributed by atoms with E-state index in [9.17, 15) is 19.1 Å². The van der Waals surface area contributed by atoms with Crippen molar-refractivity contribution < 1.29 is 28.6 Å². The van der Waals surface area contributed by atoms with Gasteiger partial charge >= 0.3 is 0 Å². The maximum absolute atomic E-state index is 13.4. The lowest BCUT2D eigenvalue weighted by Gasteiger charge is -2.31. The number of ketones is 1. The van der Waals surface area contributed by atoms with E-state index >= 15 is 0 Å². The Balaban J connectivity index is 1.71. The fourth-order valence-electron chi connectivity index (χ4n) is 4.30. The second kappa shape index (κ2) is 10.4. The molecule has 2 saturated heterocycles. The van der Waals surface area contributed by atoms with E-state index in [-0.39, 0.29) is 23.0 Å². The van der Waals surface area contributed by atoms with E-state index < -0.39 is 23.5 Å². The molecule has 1 amide bonds. The van der Waals surface area contributed by atoms with E-state index in [1.165, 1.54) is 29.2 Å². The highest BCUT2D eigenvalue weighted by Gasteiger charge is 2.46. The average Bonchev–Trinajstić information content (AvgIpc) is 3.08. The first kappa shape index (κ1) is 23.9. The Morgan fingerprint density at radius 2 is 1.71 bits per heavy atom. The summed E-state index contributed by atoms with van der Waals surface area (Å²) in [6, 6.07) is 11.6. The third kappa shape index (κ3) is 5.13. The van der Waals surface area contributed by atoms with Crippen LogP contribution in [0.1, 0.15) is 31.0 Å². The summed E-state index contributed by atoms with van der Waals surface area (Å²) in [5.74, 6) is -1.53. The largest absolute Gasteiger partial charge is 0.507 e. The molecular formula is C26H29FN2O5. The molecule has 0 aliphatic carbocycles. The number of morpholine rings is 1. The van der Waals surface area contributed by atoms with Gasteiger partial charge in [-0.1, -0.05) is 12.1 Å². The van der Waals surface area contributed by atoms with Crippen LogP contribution in [0.15, 0.2) is 54.1 Å². The Morgan fingerprint density at radius 3 is 2.32 bits per heavy atom. The van der Waals surface area contributed by atoms with Crippen molar-refractivity contribution in [3.63, 3.8) is 0 Å². The lowest BCUT2D eigenvalue weighted by atomic mass is 9.95. The molecule has 2 aliphatic rings. The molecule has 2 fully saturated rings. The number of nitrogens with zero attached hydrogens (tertiary/aromatic N) is 2. The lowest BCUT2D eigenvalue weighted by Crippen LogP contribution is -2.42. The summed E-state index contributed by atoms with van der Waals surface area (Å²) >= 11 is 0. The molecule has 1 atom stereocenters. The topological polar surface area (TPSA) is 79.3 Å². The summed E-state index contributed by atoms with van der Waals surface area (Å²) in [5, 5.41) is 11.0. The molecule has 2 aliphatic heterocycles. The number of hydrogen-bond donors (Lipinski definition) is 1. The molecular weight excluding hydrogens is 439 g/mol. The number of likely N-dealkylation sites (tertiary alicyclic amines) is 1. The molecule has 0 bridgehead atoms. The number of aliphatic hydroxyl groups excluding tert-OH is 1. The van der Waals surface area contributed by atoms with Crippen LogP contribution in [0.2, 0.25) is 0 Å². The molecule has 34 heavy (non-hydrogen) atoms. The van der Waals surface area contributed by atoms with Gasteiger partial charge in [-0.2, -0.15) is 0 Å². The lowest BCUT2D eigenvalue weighted by molar-refractivity contribution is -0.140. The van der Waals surface area contributed by atoms with Crippen LogP contribution in [0.4, 0.5) is 4.39 Å². The van der Waals surface area contributed by atoms with Crippen LogP contribution in [-0.2, 0) is 14.3 Å². The summed E-state index contributed by atoms with van der Waals surface area (Å²) < 4.78 is 24.5. The van der Waals surface area contributed by atoms with Gasteiger partial charge in [0, 0.05) is 31.7 Å². The SMILES string of the molecule is CC(C)Oc1ccc(C2/C(=C(/O)c3ccc(F)cc3)C(=O)C(=O)N2CCN2CCOCC2)cc1. The van der Waals surface area contributed by atoms with Crippen molar-refractivity contribution in [2.45, 2.75) is 26.0 Å². The Bertz CT molecular complexity index is 1060. The molecule has 8 heteroatoms. The summed E-state index contributed by atoms with van der Waals surface area (Å²) in [5.41, 5.74) is 0.953. The minimum absolute atomic E-state index is 0.00323. The normalized spacial score (nSPS) is 20.8. The molecule has 2 heterocycles. The quantitative estimate of drug-likeness (QED) is 0.381. The molecule has 180 valence electrons. The van der Waals surface area contributed by atoms with Crippen molar-refractivity contribution >= 4 is 17.4 Å². The number of carbonyl (C=O) groups excluding carboxylic acids is 2. The minimum atomic E-state index is -0.765. The number of amides is 1. The Morgan fingerprint density at radius 1 is 1.06 bits per heavy atom. The molecule has 7 nitrogen and oxygen atoms in total. The monoisotopic (exact) mass is 468 g/mol. The van der Waals surface area contributed by atoms with Crippen LogP contribution < -0.4 is 4.74 Å². The van der Waals surface area contributed by atoms with Gasteiger partial charge in [-0.15, -0.1) is 0 Å². The molecule has 4 rings (SSSR count). The molecule has 1 unspecified atom stereocenters. The Kier molecular flexibility index (Phi) is 7.29. The smallest absolute Gasteiger partial charge is 0.295 e. The van der Waals surface area contributed by atoms with Crippen molar-refractivity contribution in [3.8, 4) is 5.75 Å². The van der Waals surface area contributed by atoms with Crippen LogP contribution in [0.25, 0.3) is 5.76 Å². The van der Waals surface area contributed by atoms with Gasteiger partial charge < -0.3 is 19.5 Å². The number of carbonyl (C=O) groups is 2. The van der Waals surface area contributed by atoms with E-state index in [1.807, 2.05) is 13.8 Å². The molecule has 2 aromatic rings. The zero-order valence-electron chi connectivity index (χ0n) is 19.4. The molecule has 2 aromatic carbocycles. The number of halogens is 1. The molecule has 1 N–H and O–H groups in total. The third-order valence-electron chi connectivity index (χ3n) is 5.99. The Hall–Kier alpha value is -3.23. The highest BCUT2D eigenvalue weighted by Crippen LogP contribution is 2.39. The number of rotatable bonds is 7. The minimum Gasteiger partial charge on any atom is -0.507 e. The number of Topliss-reactive ketones (excluding diaryl/α,β-unsaturated/α-hetero) is 1. The fourth-order valence-corrected chi connectivity index (χ4v) is 4.30. The van der Waals surface area contributed by atoms with Crippen molar-refractivity contribution in [1.82, 2.24) is 9.80 Å². The van der Waals surface area contributed by atoms with Crippen molar-refractivity contribution in [2.24, 2.45) is 0 Å². The number of aliphatic hydroxyl groups is 1. The van der Waals surface area contributed by atoms with Crippen molar-refractivity contribution in [2.75, 3.05) is 39.4 Å². The van der Waals surface area contributed by atoms with Gasteiger partial charge in [0.2, 0.25) is 0 Å². The van der Waals surface area contributed by atoms with E-state index in [1.54, 1.807) is 24.3 Å². The number of ether oxygens (including phenoxy) is 2.